The normalized spacial score (nSPS) is 11.1. The zero-order valence-corrected chi connectivity index (χ0v) is 6.33. The first kappa shape index (κ1) is 13.0. The third-order valence-corrected chi connectivity index (χ3v) is 0.799. The Balaban J connectivity index is 0. The summed E-state index contributed by atoms with van der Waals surface area (Å²) in [5.41, 5.74) is 7.83. The molecule has 0 saturated carbocycles. The molecule has 0 aromatic carbocycles. The molecule has 7 heteroatoms. The van der Waals surface area contributed by atoms with Crippen LogP contribution in [0.2, 0.25) is 0 Å². The van der Waals surface area contributed by atoms with Gasteiger partial charge in [-0.05, 0) is 0 Å². The second-order valence-electron chi connectivity index (χ2n) is 1.61. The number of rotatable bonds is 3. The Labute approximate surface area is 72.9 Å². The van der Waals surface area contributed by atoms with E-state index in [1.807, 2.05) is 0 Å². The van der Waals surface area contributed by atoms with Crippen molar-refractivity contribution in [3.63, 3.8) is 0 Å². The molecule has 65 valence electrons. The number of carbonyl (C=O) groups is 2. The first-order valence-electron chi connectivity index (χ1n) is 2.43. The molecule has 0 rings (SSSR count). The van der Waals surface area contributed by atoms with Crippen molar-refractivity contribution in [3.8, 4) is 0 Å². The number of carbonyl (C=O) groups excluding carboxylic acids is 2. The second kappa shape index (κ2) is 6.10. The summed E-state index contributed by atoms with van der Waals surface area (Å²) in [6, 6.07) is -1.62. The first-order chi connectivity index (χ1) is 4.57. The van der Waals surface area contributed by atoms with Crippen LogP contribution in [-0.2, 0) is 26.4 Å². The van der Waals surface area contributed by atoms with Crippen LogP contribution in [0.15, 0.2) is 0 Å². The van der Waals surface area contributed by atoms with Gasteiger partial charge in [0, 0.05) is 12.4 Å². The number of hydroxylamine groups is 1. The molecule has 3 N–H and O–H groups in total. The molecule has 0 bridgehead atoms. The summed E-state index contributed by atoms with van der Waals surface area (Å²) in [4.78, 5) is 19.9. The van der Waals surface area contributed by atoms with Gasteiger partial charge in [0.15, 0.2) is 0 Å². The predicted octanol–water partition coefficient (Wildman–Crippen LogP) is -1.95. The fraction of sp³-hybridized carbons (Fsp3) is 0.500. The monoisotopic (exact) mass is 205 g/mol. The van der Waals surface area contributed by atoms with E-state index in [2.05, 4.69) is 0 Å². The molecule has 1 radical (unpaired) electrons. The average Bonchev–Trinajstić information content (AvgIpc) is 1.87. The molecule has 0 spiro atoms. The molecular formula is C4H6CoN2O4. The van der Waals surface area contributed by atoms with Crippen molar-refractivity contribution in [2.45, 2.75) is 12.5 Å². The van der Waals surface area contributed by atoms with E-state index in [9.17, 15) is 14.7 Å². The van der Waals surface area contributed by atoms with E-state index in [0.717, 1.165) is 0 Å². The van der Waals surface area contributed by atoms with Gasteiger partial charge in [-0.1, -0.05) is 6.04 Å². The van der Waals surface area contributed by atoms with Gasteiger partial charge in [0.05, 0.1) is 0 Å². The van der Waals surface area contributed by atoms with Crippen molar-refractivity contribution in [2.75, 3.05) is 0 Å². The van der Waals surface area contributed by atoms with Gasteiger partial charge in [-0.3, -0.25) is 10.0 Å². The van der Waals surface area contributed by atoms with Gasteiger partial charge in [0.2, 0.25) is 5.91 Å². The number of carboxylic acids is 1. The van der Waals surface area contributed by atoms with Crippen LogP contribution in [0.4, 0.5) is 0 Å². The van der Waals surface area contributed by atoms with Gasteiger partial charge in [-0.2, -0.15) is 0 Å². The number of nitrogens with one attached hydrogen (secondary N) is 2. The predicted molar refractivity (Wildman–Crippen MR) is 27.7 cm³/mol. The van der Waals surface area contributed by atoms with Crippen molar-refractivity contribution >= 4 is 11.9 Å². The van der Waals surface area contributed by atoms with Crippen molar-refractivity contribution in [1.29, 1.82) is 0 Å². The van der Waals surface area contributed by atoms with E-state index in [0.29, 0.717) is 0 Å². The molecule has 1 amide bonds. The Hall–Kier alpha value is -0.634. The maximum Gasteiger partial charge on any atom is 2.00 e. The van der Waals surface area contributed by atoms with Gasteiger partial charge in [-0.15, -0.1) is 0 Å². The van der Waals surface area contributed by atoms with Crippen LogP contribution < -0.4 is 10.6 Å². The van der Waals surface area contributed by atoms with Gasteiger partial charge < -0.3 is 15.6 Å². The van der Waals surface area contributed by atoms with E-state index in [1.165, 1.54) is 5.48 Å². The summed E-state index contributed by atoms with van der Waals surface area (Å²) in [5, 5.41) is 17.7. The zero-order chi connectivity index (χ0) is 8.15. The van der Waals surface area contributed by atoms with E-state index in [4.69, 9.17) is 10.9 Å². The second-order valence-corrected chi connectivity index (χ2v) is 1.61. The molecule has 0 aromatic heterocycles. The van der Waals surface area contributed by atoms with Crippen molar-refractivity contribution in [2.24, 2.45) is 0 Å². The standard InChI is InChI=1S/C4H7N2O4.Co/c5-2(4(8)9)1-3(7)6-10;/h2,5,10H,1H2,(H,6,7)(H,8,9);/q-1;+2/p-1/t2-;/m0./s1. The Morgan fingerprint density at radius 2 is 2.09 bits per heavy atom. The summed E-state index contributed by atoms with van der Waals surface area (Å²) < 4.78 is 0. The molecule has 0 heterocycles. The van der Waals surface area contributed by atoms with Crippen LogP contribution in [0, 0.1) is 0 Å². The molecule has 1 atom stereocenters. The maximum absolute atomic E-state index is 10.2. The summed E-state index contributed by atoms with van der Waals surface area (Å²) in [6.07, 6.45) is -0.598. The maximum atomic E-state index is 10.2. The Kier molecular flexibility index (Phi) is 7.21. The smallest absolute Gasteiger partial charge is 0.669 e. The molecular weight excluding hydrogens is 199 g/mol. The Morgan fingerprint density at radius 1 is 1.64 bits per heavy atom. The third kappa shape index (κ3) is 5.79. The molecule has 0 aliphatic carbocycles. The van der Waals surface area contributed by atoms with Crippen LogP contribution in [0.5, 0.6) is 0 Å². The summed E-state index contributed by atoms with van der Waals surface area (Å²) in [6.45, 7) is 0. The summed E-state index contributed by atoms with van der Waals surface area (Å²) in [5.74, 6) is -2.55. The van der Waals surface area contributed by atoms with Crippen molar-refractivity contribution < 1.29 is 36.7 Å². The molecule has 0 saturated heterocycles. The molecule has 6 nitrogen and oxygen atoms in total. The van der Waals surface area contributed by atoms with Crippen LogP contribution in [0.3, 0.4) is 0 Å². The molecule has 0 unspecified atom stereocenters. The van der Waals surface area contributed by atoms with E-state index >= 15 is 0 Å². The number of carboxylic acid groups (broad SMARTS) is 1. The largest absolute Gasteiger partial charge is 2.00 e. The fourth-order valence-electron chi connectivity index (χ4n) is 0.314. The number of hydrogen-bond acceptors (Lipinski definition) is 4. The van der Waals surface area contributed by atoms with E-state index < -0.39 is 24.3 Å². The minimum absolute atomic E-state index is 0. The van der Waals surface area contributed by atoms with Crippen LogP contribution in [-0.4, -0.2) is 23.1 Å². The topological polar surface area (TPSA) is 113 Å². The van der Waals surface area contributed by atoms with Crippen molar-refractivity contribution in [3.05, 3.63) is 5.73 Å². The average molecular weight is 205 g/mol. The minimum Gasteiger partial charge on any atom is -0.669 e. The van der Waals surface area contributed by atoms with E-state index in [1.54, 1.807) is 0 Å². The van der Waals surface area contributed by atoms with Gasteiger partial charge in [-0.25, -0.2) is 5.48 Å². The quantitative estimate of drug-likeness (QED) is 0.411. The summed E-state index contributed by atoms with van der Waals surface area (Å²) >= 11 is 0. The van der Waals surface area contributed by atoms with Crippen LogP contribution in [0.1, 0.15) is 6.42 Å². The summed E-state index contributed by atoms with van der Waals surface area (Å²) in [7, 11) is 0. The van der Waals surface area contributed by atoms with Crippen LogP contribution >= 0.6 is 0 Å². The van der Waals surface area contributed by atoms with Gasteiger partial charge >= 0.3 is 16.8 Å². The molecule has 0 aromatic rings. The third-order valence-electron chi connectivity index (χ3n) is 0.799. The molecule has 11 heavy (non-hydrogen) atoms. The molecule has 0 fully saturated rings. The Bertz CT molecular complexity index is 151. The first-order valence-corrected chi connectivity index (χ1v) is 2.43. The van der Waals surface area contributed by atoms with Crippen molar-refractivity contribution in [1.82, 2.24) is 5.48 Å². The number of hydrogen-bond donors (Lipinski definition) is 2. The number of aliphatic carboxylic acids is 1. The van der Waals surface area contributed by atoms with Crippen LogP contribution in [0.25, 0.3) is 5.73 Å². The molecule has 0 aliphatic rings. The Morgan fingerprint density at radius 3 is 2.36 bits per heavy atom. The number of amides is 1. The fourth-order valence-corrected chi connectivity index (χ4v) is 0.314. The SMILES string of the molecule is [Co+2].[NH-][C@@H](CC(=O)NO)C(=O)[O-]. The van der Waals surface area contributed by atoms with Gasteiger partial charge in [0.25, 0.3) is 0 Å². The van der Waals surface area contributed by atoms with Gasteiger partial charge in [0.1, 0.15) is 0 Å². The van der Waals surface area contributed by atoms with E-state index in [-0.39, 0.29) is 16.8 Å². The molecule has 0 aliphatic heterocycles. The minimum atomic E-state index is -1.64. The zero-order valence-electron chi connectivity index (χ0n) is 5.29.